The molecule has 0 spiro atoms. The zero-order chi connectivity index (χ0) is 12.9. The molecule has 0 aliphatic carbocycles. The van der Waals surface area contributed by atoms with Crippen LogP contribution in [0.3, 0.4) is 0 Å². The zero-order valence-corrected chi connectivity index (χ0v) is 12.1. The third kappa shape index (κ3) is 1.94. The summed E-state index contributed by atoms with van der Waals surface area (Å²) in [5.74, 6) is 0.416. The van der Waals surface area contributed by atoms with Gasteiger partial charge in [0.05, 0.1) is 10.3 Å². The van der Waals surface area contributed by atoms with E-state index >= 15 is 0 Å². The minimum absolute atomic E-state index is 0.358. The number of benzene rings is 2. The van der Waals surface area contributed by atoms with Crippen molar-refractivity contribution < 1.29 is 9.09 Å². The molecular weight excluding hydrogens is 313 g/mol. The average molecular weight is 320 g/mol. The molecule has 1 aliphatic heterocycles. The standard InChI is InChI=1S/C12H6Cl3O2P/c13-6-1-2-8-9-3-7(14)4-10(15)12(9)17-18(16)11(8)5-6/h1-5,18H. The van der Waals surface area contributed by atoms with Gasteiger partial charge in [-0.25, -0.2) is 0 Å². The van der Waals surface area contributed by atoms with Gasteiger partial charge in [-0.2, -0.15) is 0 Å². The number of hydrogen-bond donors (Lipinski definition) is 0. The first kappa shape index (κ1) is 12.4. The lowest BCUT2D eigenvalue weighted by atomic mass is 10.0. The molecule has 92 valence electrons. The van der Waals surface area contributed by atoms with E-state index in [1.54, 1.807) is 30.3 Å². The van der Waals surface area contributed by atoms with Crippen LogP contribution in [0.5, 0.6) is 5.75 Å². The normalized spacial score (nSPS) is 16.7. The van der Waals surface area contributed by atoms with Gasteiger partial charge in [0.1, 0.15) is 0 Å². The van der Waals surface area contributed by atoms with E-state index in [0.29, 0.717) is 26.1 Å². The number of halogens is 3. The van der Waals surface area contributed by atoms with Gasteiger partial charge in [0.2, 0.25) is 0 Å². The SMILES string of the molecule is O=[PH]1Oc2c(Cl)cc(Cl)cc2-c2ccc(Cl)cc21. The third-order valence-electron chi connectivity index (χ3n) is 2.69. The Morgan fingerprint density at radius 2 is 1.72 bits per heavy atom. The topological polar surface area (TPSA) is 26.3 Å². The van der Waals surface area contributed by atoms with Crippen LogP contribution in [-0.4, -0.2) is 0 Å². The fourth-order valence-corrected chi connectivity index (χ4v) is 4.02. The van der Waals surface area contributed by atoms with Gasteiger partial charge in [-0.05, 0) is 29.8 Å². The molecule has 1 heterocycles. The van der Waals surface area contributed by atoms with Gasteiger partial charge in [0.15, 0.2) is 5.75 Å². The molecule has 1 atom stereocenters. The summed E-state index contributed by atoms with van der Waals surface area (Å²) in [7, 11) is -2.38. The molecule has 1 aliphatic rings. The first-order valence-electron chi connectivity index (χ1n) is 5.07. The lowest BCUT2D eigenvalue weighted by Gasteiger charge is -2.21. The van der Waals surface area contributed by atoms with E-state index in [1.165, 1.54) is 0 Å². The van der Waals surface area contributed by atoms with E-state index in [1.807, 2.05) is 0 Å². The predicted molar refractivity (Wildman–Crippen MR) is 76.2 cm³/mol. The van der Waals surface area contributed by atoms with Crippen molar-refractivity contribution in [2.45, 2.75) is 0 Å². The summed E-state index contributed by atoms with van der Waals surface area (Å²) in [5, 5.41) is 1.98. The monoisotopic (exact) mass is 318 g/mol. The Balaban J connectivity index is 2.35. The maximum Gasteiger partial charge on any atom is 0.266 e. The van der Waals surface area contributed by atoms with Crippen molar-refractivity contribution in [1.29, 1.82) is 0 Å². The predicted octanol–water partition coefficient (Wildman–Crippen LogP) is 4.81. The maximum absolute atomic E-state index is 12.1. The van der Waals surface area contributed by atoms with E-state index in [4.69, 9.17) is 39.3 Å². The fourth-order valence-electron chi connectivity index (χ4n) is 1.93. The van der Waals surface area contributed by atoms with E-state index in [-0.39, 0.29) is 0 Å². The molecule has 0 radical (unpaired) electrons. The van der Waals surface area contributed by atoms with E-state index < -0.39 is 8.03 Å². The Morgan fingerprint density at radius 1 is 0.944 bits per heavy atom. The minimum atomic E-state index is -2.38. The molecule has 0 amide bonds. The van der Waals surface area contributed by atoms with Crippen LogP contribution in [0.2, 0.25) is 15.1 Å². The van der Waals surface area contributed by atoms with Gasteiger partial charge >= 0.3 is 0 Å². The molecule has 0 N–H and O–H groups in total. The second-order valence-electron chi connectivity index (χ2n) is 3.84. The van der Waals surface area contributed by atoms with Crippen LogP contribution < -0.4 is 9.83 Å². The first-order chi connectivity index (χ1) is 8.56. The molecule has 1 unspecified atom stereocenters. The van der Waals surface area contributed by atoms with Gasteiger partial charge < -0.3 is 4.52 Å². The van der Waals surface area contributed by atoms with Crippen LogP contribution in [0.4, 0.5) is 0 Å². The molecule has 3 rings (SSSR count). The molecule has 0 bridgehead atoms. The highest BCUT2D eigenvalue weighted by Gasteiger charge is 2.25. The summed E-state index contributed by atoms with van der Waals surface area (Å²) in [5.41, 5.74) is 1.54. The molecular formula is C12H6Cl3O2P. The first-order valence-corrected chi connectivity index (χ1v) is 7.52. The summed E-state index contributed by atoms with van der Waals surface area (Å²) >= 11 is 17.9. The van der Waals surface area contributed by atoms with Crippen molar-refractivity contribution in [3.8, 4) is 16.9 Å². The van der Waals surface area contributed by atoms with Crippen LogP contribution in [0.1, 0.15) is 0 Å². The Morgan fingerprint density at radius 3 is 2.50 bits per heavy atom. The highest BCUT2D eigenvalue weighted by Crippen LogP contribution is 2.47. The quantitative estimate of drug-likeness (QED) is 0.652. The van der Waals surface area contributed by atoms with Crippen molar-refractivity contribution in [1.82, 2.24) is 0 Å². The largest absolute Gasteiger partial charge is 0.439 e. The smallest absolute Gasteiger partial charge is 0.266 e. The van der Waals surface area contributed by atoms with E-state index in [9.17, 15) is 4.57 Å². The summed E-state index contributed by atoms with van der Waals surface area (Å²) in [6.45, 7) is 0. The maximum atomic E-state index is 12.1. The highest BCUT2D eigenvalue weighted by molar-refractivity contribution is 7.49. The molecule has 0 saturated heterocycles. The molecule has 0 aromatic heterocycles. The Bertz CT molecular complexity index is 685. The lowest BCUT2D eigenvalue weighted by Crippen LogP contribution is -2.10. The van der Waals surface area contributed by atoms with Crippen molar-refractivity contribution in [2.24, 2.45) is 0 Å². The van der Waals surface area contributed by atoms with Crippen molar-refractivity contribution in [3.63, 3.8) is 0 Å². The molecule has 0 saturated carbocycles. The average Bonchev–Trinajstić information content (AvgIpc) is 2.31. The third-order valence-corrected chi connectivity index (χ3v) is 4.67. The van der Waals surface area contributed by atoms with Gasteiger partial charge in [0, 0.05) is 15.6 Å². The van der Waals surface area contributed by atoms with Crippen molar-refractivity contribution >= 4 is 48.1 Å². The number of rotatable bonds is 0. The minimum Gasteiger partial charge on any atom is -0.439 e. The molecule has 6 heteroatoms. The van der Waals surface area contributed by atoms with Crippen LogP contribution in [0.25, 0.3) is 11.1 Å². The Labute approximate surface area is 119 Å². The van der Waals surface area contributed by atoms with Gasteiger partial charge in [-0.15, -0.1) is 0 Å². The Hall–Kier alpha value is -0.660. The van der Waals surface area contributed by atoms with Gasteiger partial charge in [-0.3, -0.25) is 4.57 Å². The molecule has 0 fully saturated rings. The highest BCUT2D eigenvalue weighted by atomic mass is 35.5. The summed E-state index contributed by atoms with van der Waals surface area (Å²) < 4.78 is 17.4. The molecule has 2 aromatic carbocycles. The number of hydrogen-bond acceptors (Lipinski definition) is 2. The molecule has 2 nitrogen and oxygen atoms in total. The van der Waals surface area contributed by atoms with E-state index in [0.717, 1.165) is 11.1 Å². The Kier molecular flexibility index (Phi) is 3.07. The molecule has 18 heavy (non-hydrogen) atoms. The second-order valence-corrected chi connectivity index (χ2v) is 6.44. The second kappa shape index (κ2) is 4.47. The fraction of sp³-hybridized carbons (Fsp3) is 0. The van der Waals surface area contributed by atoms with Crippen LogP contribution in [-0.2, 0) is 4.57 Å². The van der Waals surface area contributed by atoms with Crippen LogP contribution in [0, 0.1) is 0 Å². The summed E-state index contributed by atoms with van der Waals surface area (Å²) in [6, 6.07) is 8.49. The van der Waals surface area contributed by atoms with Crippen LogP contribution >= 0.6 is 42.8 Å². The van der Waals surface area contributed by atoms with Gasteiger partial charge in [0.25, 0.3) is 8.03 Å². The van der Waals surface area contributed by atoms with Gasteiger partial charge in [-0.1, -0.05) is 40.9 Å². The van der Waals surface area contributed by atoms with Crippen molar-refractivity contribution in [3.05, 3.63) is 45.4 Å². The van der Waals surface area contributed by atoms with Crippen LogP contribution in [0.15, 0.2) is 30.3 Å². The zero-order valence-electron chi connectivity index (χ0n) is 8.84. The molecule has 2 aromatic rings. The number of fused-ring (bicyclic) bond motifs is 3. The van der Waals surface area contributed by atoms with Crippen molar-refractivity contribution in [2.75, 3.05) is 0 Å². The summed E-state index contributed by atoms with van der Waals surface area (Å²) in [6.07, 6.45) is 0. The lowest BCUT2D eigenvalue weighted by molar-refractivity contribution is 0.513. The summed E-state index contributed by atoms with van der Waals surface area (Å²) in [4.78, 5) is 0. The van der Waals surface area contributed by atoms with E-state index in [2.05, 4.69) is 0 Å².